The number of benzene rings is 1. The van der Waals surface area contributed by atoms with Crippen LogP contribution in [0.5, 0.6) is 0 Å². The van der Waals surface area contributed by atoms with Crippen molar-refractivity contribution in [3.05, 3.63) is 36.9 Å². The van der Waals surface area contributed by atoms with E-state index in [1.165, 1.54) is 6.08 Å². The van der Waals surface area contributed by atoms with Crippen LogP contribution in [0.25, 0.3) is 0 Å². The van der Waals surface area contributed by atoms with Crippen molar-refractivity contribution < 1.29 is 9.00 Å². The highest BCUT2D eigenvalue weighted by Gasteiger charge is 2.20. The summed E-state index contributed by atoms with van der Waals surface area (Å²) in [5, 5.41) is 2.67. The second-order valence-electron chi connectivity index (χ2n) is 5.34. The summed E-state index contributed by atoms with van der Waals surface area (Å²) in [6.07, 6.45) is 3.40. The Kier molecular flexibility index (Phi) is 6.30. The quantitative estimate of drug-likeness (QED) is 0.787. The van der Waals surface area contributed by atoms with E-state index in [0.29, 0.717) is 10.6 Å². The highest BCUT2D eigenvalue weighted by Crippen LogP contribution is 2.15. The van der Waals surface area contributed by atoms with Crippen LogP contribution in [-0.2, 0) is 15.8 Å². The molecule has 120 valence electrons. The Morgan fingerprint density at radius 2 is 2.18 bits per heavy atom. The van der Waals surface area contributed by atoms with Crippen LogP contribution < -0.4 is 10.0 Å². The lowest BCUT2D eigenvalue weighted by molar-refractivity contribution is -0.111. The topological polar surface area (TPSA) is 61.4 Å². The molecule has 2 unspecified atom stereocenters. The first-order chi connectivity index (χ1) is 10.6. The van der Waals surface area contributed by atoms with Crippen LogP contribution in [0.1, 0.15) is 19.8 Å². The number of likely N-dealkylation sites (N-methyl/N-ethyl adjacent to an activating group) is 1. The lowest BCUT2D eigenvalue weighted by atomic mass is 10.1. The fraction of sp³-hybridized carbons (Fsp3) is 0.438. The van der Waals surface area contributed by atoms with Crippen molar-refractivity contribution in [2.75, 3.05) is 25.0 Å². The van der Waals surface area contributed by atoms with Gasteiger partial charge < -0.3 is 10.2 Å². The predicted octanol–water partition coefficient (Wildman–Crippen LogP) is 1.91. The summed E-state index contributed by atoms with van der Waals surface area (Å²) in [5.74, 6) is -0.256. The van der Waals surface area contributed by atoms with Gasteiger partial charge in [-0.05, 0) is 56.3 Å². The number of anilines is 1. The van der Waals surface area contributed by atoms with Crippen molar-refractivity contribution in [1.29, 1.82) is 0 Å². The van der Waals surface area contributed by atoms with E-state index in [-0.39, 0.29) is 11.9 Å². The molecule has 1 aromatic rings. The number of amides is 1. The smallest absolute Gasteiger partial charge is 0.247 e. The zero-order chi connectivity index (χ0) is 15.9. The van der Waals surface area contributed by atoms with Gasteiger partial charge in [0.2, 0.25) is 5.91 Å². The Balaban J connectivity index is 1.92. The Bertz CT molecular complexity index is 545. The maximum Gasteiger partial charge on any atom is 0.247 e. The largest absolute Gasteiger partial charge is 0.323 e. The first-order valence-corrected chi connectivity index (χ1v) is 8.71. The predicted molar refractivity (Wildman–Crippen MR) is 89.9 cm³/mol. The van der Waals surface area contributed by atoms with Crippen molar-refractivity contribution in [1.82, 2.24) is 9.62 Å². The summed E-state index contributed by atoms with van der Waals surface area (Å²) in [5.41, 5.74) is 0.667. The number of carbonyl (C=O) groups excluding carboxylic acids is 1. The van der Waals surface area contributed by atoms with E-state index in [4.69, 9.17) is 0 Å². The third-order valence-electron chi connectivity index (χ3n) is 3.75. The van der Waals surface area contributed by atoms with Gasteiger partial charge in [0.1, 0.15) is 11.0 Å². The lowest BCUT2D eigenvalue weighted by Gasteiger charge is -2.31. The standard InChI is InChI=1S/C16H23N3O2S/c1-3-16(20)17-13-7-9-15(10-8-13)22(21)18-14-6-5-11-19(4-2)12-14/h3,7-10,14,18H,1,4-6,11-12H2,2H3,(H,17,20). The molecule has 2 N–H and O–H groups in total. The number of nitrogens with one attached hydrogen (secondary N) is 2. The molecule has 1 amide bonds. The number of hydrogen-bond donors (Lipinski definition) is 2. The number of rotatable bonds is 6. The number of nitrogens with zero attached hydrogens (tertiary/aromatic N) is 1. The second-order valence-corrected chi connectivity index (χ2v) is 6.58. The average Bonchev–Trinajstić information content (AvgIpc) is 2.55. The highest BCUT2D eigenvalue weighted by molar-refractivity contribution is 7.83. The van der Waals surface area contributed by atoms with E-state index >= 15 is 0 Å². The third kappa shape index (κ3) is 4.76. The van der Waals surface area contributed by atoms with Gasteiger partial charge in [-0.1, -0.05) is 13.5 Å². The first kappa shape index (κ1) is 16.9. The van der Waals surface area contributed by atoms with E-state index in [1.807, 2.05) is 0 Å². The van der Waals surface area contributed by atoms with E-state index < -0.39 is 11.0 Å². The number of piperidine rings is 1. The van der Waals surface area contributed by atoms with Crippen LogP contribution >= 0.6 is 0 Å². The van der Waals surface area contributed by atoms with Crippen LogP contribution in [0.15, 0.2) is 41.8 Å². The van der Waals surface area contributed by atoms with Gasteiger partial charge in [0.15, 0.2) is 0 Å². The molecule has 0 radical (unpaired) electrons. The number of likely N-dealkylation sites (tertiary alicyclic amines) is 1. The fourth-order valence-corrected chi connectivity index (χ4v) is 3.53. The van der Waals surface area contributed by atoms with Gasteiger partial charge in [0, 0.05) is 18.3 Å². The Labute approximate surface area is 134 Å². The minimum Gasteiger partial charge on any atom is -0.323 e. The monoisotopic (exact) mass is 321 g/mol. The summed E-state index contributed by atoms with van der Waals surface area (Å²) in [6.45, 7) is 8.65. The van der Waals surface area contributed by atoms with Gasteiger partial charge in [-0.15, -0.1) is 0 Å². The minimum atomic E-state index is -1.23. The van der Waals surface area contributed by atoms with Crippen LogP contribution in [-0.4, -0.2) is 40.7 Å². The molecule has 1 saturated heterocycles. The van der Waals surface area contributed by atoms with E-state index in [2.05, 4.69) is 28.4 Å². The molecule has 0 spiro atoms. The van der Waals surface area contributed by atoms with Gasteiger partial charge in [-0.2, -0.15) is 0 Å². The molecular formula is C16H23N3O2S. The van der Waals surface area contributed by atoms with Crippen LogP contribution in [0.4, 0.5) is 5.69 Å². The second kappa shape index (κ2) is 8.22. The molecule has 0 aliphatic carbocycles. The Morgan fingerprint density at radius 3 is 2.82 bits per heavy atom. The zero-order valence-electron chi connectivity index (χ0n) is 12.9. The molecular weight excluding hydrogens is 298 g/mol. The van der Waals surface area contributed by atoms with Gasteiger partial charge in [-0.25, -0.2) is 8.93 Å². The molecule has 1 aromatic carbocycles. The van der Waals surface area contributed by atoms with Crippen molar-refractivity contribution in [3.63, 3.8) is 0 Å². The first-order valence-electron chi connectivity index (χ1n) is 7.56. The molecule has 1 fully saturated rings. The summed E-state index contributed by atoms with van der Waals surface area (Å²) in [7, 11) is -1.23. The van der Waals surface area contributed by atoms with Crippen LogP contribution in [0.3, 0.4) is 0 Å². The number of hydrogen-bond acceptors (Lipinski definition) is 3. The highest BCUT2D eigenvalue weighted by atomic mass is 32.2. The summed E-state index contributed by atoms with van der Waals surface area (Å²) >= 11 is 0. The normalized spacial score (nSPS) is 20.3. The van der Waals surface area contributed by atoms with Gasteiger partial charge >= 0.3 is 0 Å². The molecule has 0 saturated carbocycles. The molecule has 1 heterocycles. The minimum absolute atomic E-state index is 0.256. The summed E-state index contributed by atoms with van der Waals surface area (Å²) in [6, 6.07) is 7.28. The van der Waals surface area contributed by atoms with E-state index in [1.54, 1.807) is 24.3 Å². The molecule has 0 aromatic heterocycles. The zero-order valence-corrected chi connectivity index (χ0v) is 13.7. The fourth-order valence-electron chi connectivity index (χ4n) is 2.51. The maximum absolute atomic E-state index is 12.4. The van der Waals surface area contributed by atoms with Crippen molar-refractivity contribution >= 4 is 22.6 Å². The molecule has 2 rings (SSSR count). The van der Waals surface area contributed by atoms with Gasteiger partial charge in [0.05, 0.1) is 4.90 Å². The SMILES string of the molecule is C=CC(=O)Nc1ccc(S(=O)NC2CCCN(CC)C2)cc1. The van der Waals surface area contributed by atoms with Gasteiger partial charge in [-0.3, -0.25) is 4.79 Å². The molecule has 2 atom stereocenters. The molecule has 1 aliphatic rings. The Hall–Kier alpha value is -1.50. The maximum atomic E-state index is 12.4. The molecule has 1 aliphatic heterocycles. The lowest BCUT2D eigenvalue weighted by Crippen LogP contribution is -2.45. The molecule has 5 nitrogen and oxygen atoms in total. The van der Waals surface area contributed by atoms with Gasteiger partial charge in [0.25, 0.3) is 0 Å². The van der Waals surface area contributed by atoms with Crippen molar-refractivity contribution in [2.45, 2.75) is 30.7 Å². The Morgan fingerprint density at radius 1 is 1.45 bits per heavy atom. The van der Waals surface area contributed by atoms with Crippen LogP contribution in [0.2, 0.25) is 0 Å². The number of carbonyl (C=O) groups is 1. The molecule has 0 bridgehead atoms. The van der Waals surface area contributed by atoms with Crippen molar-refractivity contribution in [2.24, 2.45) is 0 Å². The van der Waals surface area contributed by atoms with Crippen LogP contribution in [0, 0.1) is 0 Å². The third-order valence-corrected chi connectivity index (χ3v) is 5.00. The van der Waals surface area contributed by atoms with E-state index in [9.17, 15) is 9.00 Å². The van der Waals surface area contributed by atoms with Crippen molar-refractivity contribution in [3.8, 4) is 0 Å². The summed E-state index contributed by atoms with van der Waals surface area (Å²) in [4.78, 5) is 14.3. The van der Waals surface area contributed by atoms with E-state index in [0.717, 1.165) is 32.5 Å². The average molecular weight is 321 g/mol. The molecule has 22 heavy (non-hydrogen) atoms. The molecule has 6 heteroatoms. The summed E-state index contributed by atoms with van der Waals surface area (Å²) < 4.78 is 15.6.